The normalized spacial score (nSPS) is 11.2. The summed E-state index contributed by atoms with van der Waals surface area (Å²) in [6, 6.07) is 11.4. The summed E-state index contributed by atoms with van der Waals surface area (Å²) in [4.78, 5) is 1.78. The lowest BCUT2D eigenvalue weighted by atomic mass is 10.2. The third-order valence-corrected chi connectivity index (χ3v) is 4.55. The predicted molar refractivity (Wildman–Crippen MR) is 87.4 cm³/mol. The number of benzene rings is 2. The number of nitrogen functional groups attached to an aromatic ring is 1. The van der Waals surface area contributed by atoms with Gasteiger partial charge in [-0.3, -0.25) is 4.72 Å². The summed E-state index contributed by atoms with van der Waals surface area (Å²) in [7, 11) is -0.140. The molecule has 0 aliphatic carbocycles. The minimum absolute atomic E-state index is 0.0384. The molecule has 2 rings (SSSR count). The van der Waals surface area contributed by atoms with E-state index in [2.05, 4.69) is 4.72 Å². The molecule has 3 N–H and O–H groups in total. The Morgan fingerprint density at radius 1 is 1.14 bits per heavy atom. The third kappa shape index (κ3) is 3.40. The summed E-state index contributed by atoms with van der Waals surface area (Å²) < 4.78 is 27.5. The SMILES string of the molecule is CN(C)c1ccccc1NS(=O)(=O)c1cc(Cl)ccc1N. The Bertz CT molecular complexity index is 761. The Morgan fingerprint density at radius 2 is 1.81 bits per heavy atom. The van der Waals surface area contributed by atoms with E-state index in [0.29, 0.717) is 10.7 Å². The zero-order chi connectivity index (χ0) is 15.6. The second-order valence-corrected chi connectivity index (χ2v) is 6.79. The minimum atomic E-state index is -3.81. The molecule has 0 aromatic heterocycles. The summed E-state index contributed by atoms with van der Waals surface area (Å²) in [6.45, 7) is 0. The van der Waals surface area contributed by atoms with Crippen LogP contribution in [0.5, 0.6) is 0 Å². The molecule has 0 aliphatic rings. The molecular formula is C14H16ClN3O2S. The fourth-order valence-corrected chi connectivity index (χ4v) is 3.36. The van der Waals surface area contributed by atoms with Gasteiger partial charge in [0.1, 0.15) is 4.90 Å². The molecule has 5 nitrogen and oxygen atoms in total. The first-order chi connectivity index (χ1) is 9.81. The van der Waals surface area contributed by atoms with Gasteiger partial charge in [0, 0.05) is 19.1 Å². The number of hydrogen-bond acceptors (Lipinski definition) is 4. The molecule has 0 radical (unpaired) electrons. The third-order valence-electron chi connectivity index (χ3n) is 2.90. The number of anilines is 3. The molecule has 0 unspecified atom stereocenters. The van der Waals surface area contributed by atoms with E-state index in [9.17, 15) is 8.42 Å². The highest BCUT2D eigenvalue weighted by Crippen LogP contribution is 2.29. The van der Waals surface area contributed by atoms with Crippen molar-refractivity contribution in [3.63, 3.8) is 0 Å². The Labute approximate surface area is 129 Å². The van der Waals surface area contributed by atoms with Gasteiger partial charge in [-0.1, -0.05) is 23.7 Å². The van der Waals surface area contributed by atoms with Gasteiger partial charge in [0.2, 0.25) is 0 Å². The van der Waals surface area contributed by atoms with E-state index in [1.165, 1.54) is 12.1 Å². The van der Waals surface area contributed by atoms with Gasteiger partial charge in [0.05, 0.1) is 17.1 Å². The van der Waals surface area contributed by atoms with Crippen molar-refractivity contribution in [2.75, 3.05) is 29.5 Å². The van der Waals surface area contributed by atoms with Gasteiger partial charge in [0.25, 0.3) is 10.0 Å². The maximum Gasteiger partial charge on any atom is 0.264 e. The van der Waals surface area contributed by atoms with Crippen molar-refractivity contribution in [2.24, 2.45) is 0 Å². The lowest BCUT2D eigenvalue weighted by Crippen LogP contribution is -2.18. The summed E-state index contributed by atoms with van der Waals surface area (Å²) in [5.74, 6) is 0. The van der Waals surface area contributed by atoms with E-state index in [-0.39, 0.29) is 10.6 Å². The average molecular weight is 326 g/mol. The molecule has 0 amide bonds. The van der Waals surface area contributed by atoms with Crippen LogP contribution in [0.2, 0.25) is 5.02 Å². The second kappa shape index (κ2) is 5.83. The Morgan fingerprint density at radius 3 is 2.48 bits per heavy atom. The van der Waals surface area contributed by atoms with Crippen LogP contribution in [-0.4, -0.2) is 22.5 Å². The maximum atomic E-state index is 12.5. The van der Waals surface area contributed by atoms with Gasteiger partial charge in [-0.05, 0) is 30.3 Å². The van der Waals surface area contributed by atoms with Gasteiger partial charge >= 0.3 is 0 Å². The van der Waals surface area contributed by atoms with E-state index in [1.807, 2.05) is 31.1 Å². The van der Waals surface area contributed by atoms with Crippen LogP contribution in [0.25, 0.3) is 0 Å². The van der Waals surface area contributed by atoms with Crippen molar-refractivity contribution in [1.29, 1.82) is 0 Å². The van der Waals surface area contributed by atoms with Crippen molar-refractivity contribution in [3.05, 3.63) is 47.5 Å². The molecule has 7 heteroatoms. The zero-order valence-corrected chi connectivity index (χ0v) is 13.2. The molecule has 2 aromatic rings. The fraction of sp³-hybridized carbons (Fsp3) is 0.143. The van der Waals surface area contributed by atoms with Gasteiger partial charge in [0.15, 0.2) is 0 Å². The predicted octanol–water partition coefficient (Wildman–Crippen LogP) is 2.79. The molecule has 0 fully saturated rings. The molecule has 0 saturated heterocycles. The van der Waals surface area contributed by atoms with Gasteiger partial charge in [-0.25, -0.2) is 8.42 Å². The number of rotatable bonds is 4. The van der Waals surface area contributed by atoms with E-state index >= 15 is 0 Å². The summed E-state index contributed by atoms with van der Waals surface area (Å²) >= 11 is 5.85. The summed E-state index contributed by atoms with van der Waals surface area (Å²) in [5.41, 5.74) is 7.11. The van der Waals surface area contributed by atoms with Crippen molar-refractivity contribution in [1.82, 2.24) is 0 Å². The molecule has 0 heterocycles. The standard InChI is InChI=1S/C14H16ClN3O2S/c1-18(2)13-6-4-3-5-12(13)17-21(19,20)14-9-10(15)7-8-11(14)16/h3-9,17H,16H2,1-2H3. The Hall–Kier alpha value is -1.92. The minimum Gasteiger partial charge on any atom is -0.398 e. The topological polar surface area (TPSA) is 75.4 Å². The lowest BCUT2D eigenvalue weighted by Gasteiger charge is -2.18. The molecule has 21 heavy (non-hydrogen) atoms. The Balaban J connectivity index is 2.45. The molecule has 0 atom stereocenters. The number of nitrogens with one attached hydrogen (secondary N) is 1. The number of hydrogen-bond donors (Lipinski definition) is 2. The smallest absolute Gasteiger partial charge is 0.264 e. The van der Waals surface area contributed by atoms with Crippen molar-refractivity contribution < 1.29 is 8.42 Å². The maximum absolute atomic E-state index is 12.5. The highest BCUT2D eigenvalue weighted by atomic mass is 35.5. The molecule has 0 saturated carbocycles. The van der Waals surface area contributed by atoms with Crippen LogP contribution in [0.15, 0.2) is 47.4 Å². The molecule has 0 aliphatic heterocycles. The summed E-state index contributed by atoms with van der Waals surface area (Å²) in [5, 5.41) is 0.311. The van der Waals surface area contributed by atoms with Crippen LogP contribution in [0, 0.1) is 0 Å². The first-order valence-electron chi connectivity index (χ1n) is 6.15. The monoisotopic (exact) mass is 325 g/mol. The van der Waals surface area contributed by atoms with Crippen LogP contribution in [0.3, 0.4) is 0 Å². The second-order valence-electron chi connectivity index (χ2n) is 4.70. The van der Waals surface area contributed by atoms with Crippen LogP contribution in [0.1, 0.15) is 0 Å². The van der Waals surface area contributed by atoms with Crippen molar-refractivity contribution in [2.45, 2.75) is 4.90 Å². The molecule has 112 valence electrons. The quantitative estimate of drug-likeness (QED) is 0.848. The molecule has 0 spiro atoms. The van der Waals surface area contributed by atoms with E-state index in [0.717, 1.165) is 5.69 Å². The van der Waals surface area contributed by atoms with Crippen LogP contribution < -0.4 is 15.4 Å². The van der Waals surface area contributed by atoms with Gasteiger partial charge in [-0.2, -0.15) is 0 Å². The van der Waals surface area contributed by atoms with Gasteiger partial charge in [-0.15, -0.1) is 0 Å². The van der Waals surface area contributed by atoms with E-state index in [1.54, 1.807) is 18.2 Å². The number of para-hydroxylation sites is 2. The highest BCUT2D eigenvalue weighted by molar-refractivity contribution is 7.93. The first-order valence-corrected chi connectivity index (χ1v) is 8.01. The van der Waals surface area contributed by atoms with Crippen molar-refractivity contribution in [3.8, 4) is 0 Å². The van der Waals surface area contributed by atoms with Crippen molar-refractivity contribution >= 4 is 38.7 Å². The van der Waals surface area contributed by atoms with E-state index < -0.39 is 10.0 Å². The van der Waals surface area contributed by atoms with Crippen LogP contribution >= 0.6 is 11.6 Å². The molecule has 0 bridgehead atoms. The fourth-order valence-electron chi connectivity index (χ4n) is 1.89. The number of nitrogens with zero attached hydrogens (tertiary/aromatic N) is 1. The number of nitrogens with two attached hydrogens (primary N) is 1. The van der Waals surface area contributed by atoms with Crippen LogP contribution in [0.4, 0.5) is 17.1 Å². The lowest BCUT2D eigenvalue weighted by molar-refractivity contribution is 0.601. The largest absolute Gasteiger partial charge is 0.398 e. The summed E-state index contributed by atoms with van der Waals surface area (Å²) in [6.07, 6.45) is 0. The molecular weight excluding hydrogens is 310 g/mol. The zero-order valence-electron chi connectivity index (χ0n) is 11.7. The van der Waals surface area contributed by atoms with E-state index in [4.69, 9.17) is 17.3 Å². The molecule has 2 aromatic carbocycles. The average Bonchev–Trinajstić information content (AvgIpc) is 2.41. The van der Waals surface area contributed by atoms with Crippen LogP contribution in [-0.2, 0) is 10.0 Å². The first kappa shape index (κ1) is 15.5. The van der Waals surface area contributed by atoms with Gasteiger partial charge < -0.3 is 10.6 Å². The number of sulfonamides is 1. The highest BCUT2D eigenvalue weighted by Gasteiger charge is 2.19. The Kier molecular flexibility index (Phi) is 4.29. The number of halogens is 1.